The summed E-state index contributed by atoms with van der Waals surface area (Å²) in [5, 5.41) is 3.48. The molecule has 19 heavy (non-hydrogen) atoms. The van der Waals surface area contributed by atoms with Crippen molar-refractivity contribution in [1.82, 2.24) is 10.3 Å². The van der Waals surface area contributed by atoms with Crippen molar-refractivity contribution in [3.8, 4) is 0 Å². The number of nitrogens with one attached hydrogen (secondary N) is 1. The van der Waals surface area contributed by atoms with Gasteiger partial charge in [-0.05, 0) is 39.3 Å². The summed E-state index contributed by atoms with van der Waals surface area (Å²) >= 11 is 0. The van der Waals surface area contributed by atoms with Crippen LogP contribution in [0.4, 0.5) is 5.82 Å². The predicted molar refractivity (Wildman–Crippen MR) is 83.6 cm³/mol. The molecule has 1 aromatic heterocycles. The maximum Gasteiger partial charge on any atom is 0.133 e. The van der Waals surface area contributed by atoms with Gasteiger partial charge in [0.2, 0.25) is 0 Å². The first kappa shape index (κ1) is 16.0. The summed E-state index contributed by atoms with van der Waals surface area (Å²) in [6, 6.07) is 5.01. The first-order valence-corrected chi connectivity index (χ1v) is 7.42. The average Bonchev–Trinajstić information content (AvgIpc) is 2.36. The number of anilines is 1. The van der Waals surface area contributed by atoms with Gasteiger partial charge in [-0.1, -0.05) is 26.8 Å². The van der Waals surface area contributed by atoms with Gasteiger partial charge < -0.3 is 10.2 Å². The summed E-state index contributed by atoms with van der Waals surface area (Å²) in [4.78, 5) is 7.05. The van der Waals surface area contributed by atoms with E-state index in [9.17, 15) is 0 Å². The fraction of sp³-hybridized carbons (Fsp3) is 0.688. The van der Waals surface area contributed by atoms with E-state index < -0.39 is 0 Å². The number of pyridine rings is 1. The molecule has 3 nitrogen and oxygen atoms in total. The largest absolute Gasteiger partial charge is 0.354 e. The molecule has 1 atom stereocenters. The van der Waals surface area contributed by atoms with Crippen molar-refractivity contribution in [2.24, 2.45) is 5.92 Å². The van der Waals surface area contributed by atoms with Crippen LogP contribution in [0.3, 0.4) is 0 Å². The normalized spacial score (nSPS) is 13.1. The molecule has 1 rings (SSSR count). The second-order valence-corrected chi connectivity index (χ2v) is 5.84. The minimum absolute atomic E-state index is 0.335. The van der Waals surface area contributed by atoms with Crippen molar-refractivity contribution >= 4 is 5.82 Å². The van der Waals surface area contributed by atoms with Crippen molar-refractivity contribution in [2.45, 2.75) is 53.6 Å². The molecule has 1 unspecified atom stereocenters. The molecule has 0 radical (unpaired) electrons. The van der Waals surface area contributed by atoms with Crippen LogP contribution < -0.4 is 10.2 Å². The Kier molecular flexibility index (Phi) is 6.29. The van der Waals surface area contributed by atoms with Gasteiger partial charge in [-0.2, -0.15) is 0 Å². The lowest BCUT2D eigenvalue weighted by Crippen LogP contribution is -2.36. The molecule has 0 fully saturated rings. The van der Waals surface area contributed by atoms with Crippen molar-refractivity contribution in [1.29, 1.82) is 0 Å². The number of nitrogens with zero attached hydrogens (tertiary/aromatic N) is 2. The number of hydrogen-bond donors (Lipinski definition) is 1. The van der Waals surface area contributed by atoms with E-state index in [1.54, 1.807) is 0 Å². The van der Waals surface area contributed by atoms with Gasteiger partial charge in [-0.25, -0.2) is 4.98 Å². The van der Waals surface area contributed by atoms with E-state index in [1.807, 2.05) is 12.3 Å². The van der Waals surface area contributed by atoms with Gasteiger partial charge in [0.15, 0.2) is 0 Å². The monoisotopic (exact) mass is 263 g/mol. The Morgan fingerprint density at radius 3 is 2.42 bits per heavy atom. The van der Waals surface area contributed by atoms with Crippen LogP contribution in [0.15, 0.2) is 18.3 Å². The highest BCUT2D eigenvalue weighted by molar-refractivity contribution is 5.49. The zero-order valence-corrected chi connectivity index (χ0v) is 13.3. The van der Waals surface area contributed by atoms with Gasteiger partial charge in [0, 0.05) is 30.4 Å². The zero-order chi connectivity index (χ0) is 14.4. The fourth-order valence-electron chi connectivity index (χ4n) is 2.34. The van der Waals surface area contributed by atoms with Crippen LogP contribution in [-0.4, -0.2) is 24.1 Å². The van der Waals surface area contributed by atoms with Crippen LogP contribution in [0.2, 0.25) is 0 Å². The number of hydrogen-bond acceptors (Lipinski definition) is 3. The number of rotatable bonds is 7. The Balaban J connectivity index is 3.08. The van der Waals surface area contributed by atoms with E-state index >= 15 is 0 Å². The molecule has 0 aromatic carbocycles. The van der Waals surface area contributed by atoms with Gasteiger partial charge in [-0.3, -0.25) is 0 Å². The molecular weight excluding hydrogens is 234 g/mol. The molecule has 0 aliphatic heterocycles. The summed E-state index contributed by atoms with van der Waals surface area (Å²) in [6.45, 7) is 15.3. The summed E-state index contributed by atoms with van der Waals surface area (Å²) < 4.78 is 0. The van der Waals surface area contributed by atoms with Crippen LogP contribution in [0, 0.1) is 5.92 Å². The van der Waals surface area contributed by atoms with Crippen molar-refractivity contribution < 1.29 is 0 Å². The van der Waals surface area contributed by atoms with E-state index in [2.05, 4.69) is 62.8 Å². The molecule has 1 heterocycles. The predicted octanol–water partition coefficient (Wildman–Crippen LogP) is 3.62. The van der Waals surface area contributed by atoms with E-state index in [-0.39, 0.29) is 0 Å². The first-order chi connectivity index (χ1) is 8.97. The molecule has 1 N–H and O–H groups in total. The van der Waals surface area contributed by atoms with Crippen LogP contribution in [0.5, 0.6) is 0 Å². The summed E-state index contributed by atoms with van der Waals surface area (Å²) in [6.07, 6.45) is 1.90. The third-order valence-corrected chi connectivity index (χ3v) is 3.25. The molecule has 0 aliphatic carbocycles. The van der Waals surface area contributed by atoms with Crippen molar-refractivity contribution in [2.75, 3.05) is 18.0 Å². The molecule has 0 spiro atoms. The van der Waals surface area contributed by atoms with Crippen LogP contribution in [0.25, 0.3) is 0 Å². The van der Waals surface area contributed by atoms with E-state index in [4.69, 9.17) is 0 Å². The second-order valence-electron chi connectivity index (χ2n) is 5.84. The Hall–Kier alpha value is -1.09. The molecule has 0 aliphatic rings. The van der Waals surface area contributed by atoms with Crippen molar-refractivity contribution in [3.05, 3.63) is 23.9 Å². The Labute approximate surface area is 118 Å². The van der Waals surface area contributed by atoms with E-state index in [0.717, 1.165) is 18.9 Å². The third-order valence-electron chi connectivity index (χ3n) is 3.25. The minimum atomic E-state index is 0.335. The van der Waals surface area contributed by atoms with E-state index in [1.165, 1.54) is 5.56 Å². The highest BCUT2D eigenvalue weighted by Gasteiger charge is 2.19. The van der Waals surface area contributed by atoms with Crippen LogP contribution >= 0.6 is 0 Å². The number of aromatic nitrogens is 1. The SMILES string of the molecule is CCNC(C)c1cccnc1N(CC(C)C)C(C)C. The lowest BCUT2D eigenvalue weighted by Gasteiger charge is -2.32. The molecule has 0 saturated carbocycles. The van der Waals surface area contributed by atoms with Gasteiger partial charge in [0.25, 0.3) is 0 Å². The Morgan fingerprint density at radius 2 is 1.89 bits per heavy atom. The highest BCUT2D eigenvalue weighted by atomic mass is 15.2. The smallest absolute Gasteiger partial charge is 0.133 e. The quantitative estimate of drug-likeness (QED) is 0.814. The van der Waals surface area contributed by atoms with E-state index in [0.29, 0.717) is 18.0 Å². The zero-order valence-electron chi connectivity index (χ0n) is 13.3. The molecule has 0 saturated heterocycles. The maximum atomic E-state index is 4.64. The maximum absolute atomic E-state index is 4.64. The lowest BCUT2D eigenvalue weighted by molar-refractivity contribution is 0.551. The van der Waals surface area contributed by atoms with Crippen molar-refractivity contribution in [3.63, 3.8) is 0 Å². The molecule has 1 aromatic rings. The molecule has 0 amide bonds. The second kappa shape index (κ2) is 7.49. The van der Waals surface area contributed by atoms with Gasteiger partial charge >= 0.3 is 0 Å². The first-order valence-electron chi connectivity index (χ1n) is 7.42. The molecule has 108 valence electrons. The van der Waals surface area contributed by atoms with Gasteiger partial charge in [-0.15, -0.1) is 0 Å². The summed E-state index contributed by atoms with van der Waals surface area (Å²) in [7, 11) is 0. The minimum Gasteiger partial charge on any atom is -0.354 e. The summed E-state index contributed by atoms with van der Waals surface area (Å²) in [5.41, 5.74) is 1.29. The average molecular weight is 263 g/mol. The summed E-state index contributed by atoms with van der Waals surface area (Å²) in [5.74, 6) is 1.76. The Morgan fingerprint density at radius 1 is 1.21 bits per heavy atom. The van der Waals surface area contributed by atoms with Gasteiger partial charge in [0.05, 0.1) is 0 Å². The molecule has 0 bridgehead atoms. The van der Waals surface area contributed by atoms with Crippen LogP contribution in [-0.2, 0) is 0 Å². The standard InChI is InChI=1S/C16H29N3/c1-7-17-14(6)15-9-8-10-18-16(15)19(13(4)5)11-12(2)3/h8-10,12-14,17H,7,11H2,1-6H3. The third kappa shape index (κ3) is 4.50. The van der Waals surface area contributed by atoms with Crippen LogP contribution in [0.1, 0.15) is 53.1 Å². The highest BCUT2D eigenvalue weighted by Crippen LogP contribution is 2.26. The Bertz CT molecular complexity index is 374. The lowest BCUT2D eigenvalue weighted by atomic mass is 10.1. The fourth-order valence-corrected chi connectivity index (χ4v) is 2.34. The van der Waals surface area contributed by atoms with Gasteiger partial charge in [0.1, 0.15) is 5.82 Å². The molecular formula is C16H29N3. The topological polar surface area (TPSA) is 28.2 Å². The molecule has 3 heteroatoms.